The highest BCUT2D eigenvalue weighted by molar-refractivity contribution is 4.93. The first-order valence-corrected chi connectivity index (χ1v) is 8.43. The first-order valence-electron chi connectivity index (χ1n) is 8.43. The smallest absolute Gasteiger partial charge is 0.0224 e. The van der Waals surface area contributed by atoms with E-state index in [1.165, 1.54) is 58.0 Å². The van der Waals surface area contributed by atoms with Gasteiger partial charge in [0.05, 0.1) is 0 Å². The third-order valence-electron chi connectivity index (χ3n) is 4.98. The summed E-state index contributed by atoms with van der Waals surface area (Å²) in [5.41, 5.74) is 0. The van der Waals surface area contributed by atoms with Crippen LogP contribution in [0, 0.1) is 5.92 Å². The second-order valence-electron chi connectivity index (χ2n) is 6.38. The molecule has 0 spiro atoms. The molecule has 0 amide bonds. The Bertz CT molecular complexity index is 268. The Morgan fingerprint density at radius 1 is 1.21 bits per heavy atom. The number of hydrogen-bond acceptors (Lipinski definition) is 2. The Morgan fingerprint density at radius 2 is 2.00 bits per heavy atom. The minimum atomic E-state index is 0.749. The number of nitrogens with zero attached hydrogens (tertiary/aromatic N) is 1. The highest BCUT2D eigenvalue weighted by Gasteiger charge is 2.31. The maximum atomic E-state index is 3.86. The molecule has 0 aromatic carbocycles. The minimum absolute atomic E-state index is 0.749. The topological polar surface area (TPSA) is 15.3 Å². The fraction of sp³-hybridized carbons (Fsp3) is 0.882. The molecule has 1 saturated carbocycles. The van der Waals surface area contributed by atoms with Crippen molar-refractivity contribution in [1.29, 1.82) is 0 Å². The van der Waals surface area contributed by atoms with Crippen molar-refractivity contribution in [3.05, 3.63) is 12.2 Å². The summed E-state index contributed by atoms with van der Waals surface area (Å²) >= 11 is 0. The molecule has 1 heterocycles. The van der Waals surface area contributed by atoms with Crippen molar-refractivity contribution in [3.63, 3.8) is 0 Å². The lowest BCUT2D eigenvalue weighted by Crippen LogP contribution is -2.58. The molecule has 0 radical (unpaired) electrons. The summed E-state index contributed by atoms with van der Waals surface area (Å²) < 4.78 is 0. The molecule has 110 valence electrons. The highest BCUT2D eigenvalue weighted by Crippen LogP contribution is 2.28. The Morgan fingerprint density at radius 3 is 2.68 bits per heavy atom. The molecule has 0 aromatic rings. The molecule has 0 aromatic heterocycles. The van der Waals surface area contributed by atoms with Crippen LogP contribution in [0.4, 0.5) is 0 Å². The molecule has 2 unspecified atom stereocenters. The Labute approximate surface area is 119 Å². The zero-order valence-corrected chi connectivity index (χ0v) is 12.9. The standard InChI is InChI=1S/C17H32N2/c1-3-5-12-19-14-17(15-10-7-6-8-11-15)18-13-16(19)9-4-2/h3,5,15-18H,4,6-14H2,1-2H3/b5-3+. The van der Waals surface area contributed by atoms with Crippen molar-refractivity contribution in [2.24, 2.45) is 5.92 Å². The van der Waals surface area contributed by atoms with Gasteiger partial charge in [-0.15, -0.1) is 0 Å². The maximum Gasteiger partial charge on any atom is 0.0224 e. The third kappa shape index (κ3) is 4.32. The van der Waals surface area contributed by atoms with Gasteiger partial charge in [0.25, 0.3) is 0 Å². The predicted octanol–water partition coefficient (Wildman–Crippen LogP) is 3.59. The molecule has 19 heavy (non-hydrogen) atoms. The van der Waals surface area contributed by atoms with Gasteiger partial charge in [0.2, 0.25) is 0 Å². The third-order valence-corrected chi connectivity index (χ3v) is 4.98. The van der Waals surface area contributed by atoms with Crippen molar-refractivity contribution < 1.29 is 0 Å². The average molecular weight is 264 g/mol. The second kappa shape index (κ2) is 8.06. The lowest BCUT2D eigenvalue weighted by atomic mass is 9.82. The predicted molar refractivity (Wildman–Crippen MR) is 83.4 cm³/mol. The van der Waals surface area contributed by atoms with E-state index in [9.17, 15) is 0 Å². The van der Waals surface area contributed by atoms with E-state index in [2.05, 4.69) is 36.2 Å². The van der Waals surface area contributed by atoms with Crippen LogP contribution in [-0.4, -0.2) is 36.6 Å². The van der Waals surface area contributed by atoms with Crippen molar-refractivity contribution in [2.75, 3.05) is 19.6 Å². The van der Waals surface area contributed by atoms with E-state index in [0.29, 0.717) is 0 Å². The van der Waals surface area contributed by atoms with Crippen molar-refractivity contribution >= 4 is 0 Å². The van der Waals surface area contributed by atoms with Gasteiger partial charge in [-0.05, 0) is 32.1 Å². The number of rotatable bonds is 5. The van der Waals surface area contributed by atoms with Gasteiger partial charge >= 0.3 is 0 Å². The number of hydrogen-bond donors (Lipinski definition) is 1. The zero-order chi connectivity index (χ0) is 13.5. The Kier molecular flexibility index (Phi) is 6.39. The van der Waals surface area contributed by atoms with Gasteiger partial charge < -0.3 is 5.32 Å². The van der Waals surface area contributed by atoms with Gasteiger partial charge in [0.1, 0.15) is 0 Å². The maximum absolute atomic E-state index is 3.86. The molecule has 0 bridgehead atoms. The van der Waals surface area contributed by atoms with Crippen LogP contribution in [0.25, 0.3) is 0 Å². The summed E-state index contributed by atoms with van der Waals surface area (Å²) in [6.45, 7) is 8.05. The molecule has 2 nitrogen and oxygen atoms in total. The van der Waals surface area contributed by atoms with Crippen LogP contribution in [0.3, 0.4) is 0 Å². The molecule has 2 heteroatoms. The van der Waals surface area contributed by atoms with E-state index in [0.717, 1.165) is 24.5 Å². The fourth-order valence-corrected chi connectivity index (χ4v) is 3.82. The van der Waals surface area contributed by atoms with Crippen LogP contribution in [0.2, 0.25) is 0 Å². The molecular formula is C17H32N2. The van der Waals surface area contributed by atoms with Crippen LogP contribution in [0.15, 0.2) is 12.2 Å². The van der Waals surface area contributed by atoms with Gasteiger partial charge in [0, 0.05) is 31.7 Å². The van der Waals surface area contributed by atoms with Gasteiger partial charge in [-0.1, -0.05) is 44.8 Å². The number of piperazine rings is 1. The quantitative estimate of drug-likeness (QED) is 0.764. The SMILES string of the molecule is C/C=C/CN1CC(C2CCCCC2)NCC1CCC. The van der Waals surface area contributed by atoms with Crippen molar-refractivity contribution in [3.8, 4) is 0 Å². The van der Waals surface area contributed by atoms with Gasteiger partial charge in [-0.3, -0.25) is 4.90 Å². The summed E-state index contributed by atoms with van der Waals surface area (Å²) in [5, 5.41) is 3.86. The normalized spacial score (nSPS) is 31.1. The van der Waals surface area contributed by atoms with Crippen LogP contribution < -0.4 is 5.32 Å². The van der Waals surface area contributed by atoms with Gasteiger partial charge in [0.15, 0.2) is 0 Å². The first kappa shape index (κ1) is 15.1. The summed E-state index contributed by atoms with van der Waals surface area (Å²) in [7, 11) is 0. The van der Waals surface area contributed by atoms with Crippen LogP contribution in [0.1, 0.15) is 58.8 Å². The van der Waals surface area contributed by atoms with Crippen LogP contribution in [-0.2, 0) is 0 Å². The van der Waals surface area contributed by atoms with Crippen molar-refractivity contribution in [2.45, 2.75) is 70.9 Å². The summed E-state index contributed by atoms with van der Waals surface area (Å²) in [5.74, 6) is 0.935. The van der Waals surface area contributed by atoms with Gasteiger partial charge in [-0.2, -0.15) is 0 Å². The van der Waals surface area contributed by atoms with Crippen LogP contribution >= 0.6 is 0 Å². The van der Waals surface area contributed by atoms with E-state index < -0.39 is 0 Å². The van der Waals surface area contributed by atoms with Gasteiger partial charge in [-0.25, -0.2) is 0 Å². The van der Waals surface area contributed by atoms with E-state index in [-0.39, 0.29) is 0 Å². The molecule has 2 atom stereocenters. The van der Waals surface area contributed by atoms with Crippen molar-refractivity contribution in [1.82, 2.24) is 10.2 Å². The largest absolute Gasteiger partial charge is 0.311 e. The zero-order valence-electron chi connectivity index (χ0n) is 12.9. The summed E-state index contributed by atoms with van der Waals surface area (Å²) in [6, 6.07) is 1.50. The summed E-state index contributed by atoms with van der Waals surface area (Å²) in [6.07, 6.45) is 14.4. The number of nitrogens with one attached hydrogen (secondary N) is 1. The van der Waals surface area contributed by atoms with E-state index in [4.69, 9.17) is 0 Å². The van der Waals surface area contributed by atoms with E-state index in [1.54, 1.807) is 0 Å². The Hall–Kier alpha value is -0.340. The molecule has 1 aliphatic heterocycles. The first-order chi connectivity index (χ1) is 9.35. The minimum Gasteiger partial charge on any atom is -0.311 e. The summed E-state index contributed by atoms with van der Waals surface area (Å²) in [4.78, 5) is 2.72. The van der Waals surface area contributed by atoms with E-state index >= 15 is 0 Å². The average Bonchev–Trinajstić information content (AvgIpc) is 2.47. The Balaban J connectivity index is 1.90. The van der Waals surface area contributed by atoms with Crippen LogP contribution in [0.5, 0.6) is 0 Å². The highest BCUT2D eigenvalue weighted by atomic mass is 15.2. The molecule has 1 saturated heterocycles. The molecule has 2 aliphatic rings. The molecule has 2 fully saturated rings. The van der Waals surface area contributed by atoms with E-state index in [1.807, 2.05) is 0 Å². The molecule has 1 N–H and O–H groups in total. The molecule has 2 rings (SSSR count). The molecular weight excluding hydrogens is 232 g/mol. The lowest BCUT2D eigenvalue weighted by molar-refractivity contribution is 0.101. The molecule has 1 aliphatic carbocycles. The monoisotopic (exact) mass is 264 g/mol. The lowest BCUT2D eigenvalue weighted by Gasteiger charge is -2.43. The number of allylic oxidation sites excluding steroid dienone is 1. The fourth-order valence-electron chi connectivity index (χ4n) is 3.82. The second-order valence-corrected chi connectivity index (χ2v) is 6.38.